The van der Waals surface area contributed by atoms with Crippen LogP contribution in [0.3, 0.4) is 0 Å². The molecule has 5 rings (SSSR count). The highest BCUT2D eigenvalue weighted by Gasteiger charge is 2.10. The third-order valence-electron chi connectivity index (χ3n) is 5.95. The maximum absolute atomic E-state index is 12.4. The minimum atomic E-state index is -0.219. The molecule has 0 saturated carbocycles. The fraction of sp³-hybridized carbons (Fsp3) is 0.133. The summed E-state index contributed by atoms with van der Waals surface area (Å²) in [6, 6.07) is 22.8. The van der Waals surface area contributed by atoms with Crippen LogP contribution >= 0.6 is 0 Å². The lowest BCUT2D eigenvalue weighted by Gasteiger charge is -2.06. The molecular weight excluding hydrogens is 476 g/mol. The SMILES string of the molecule is O=C(C=Cc1ccc(C=CC(=O)Nc2cccc(C3=NCCN3)c2)cc1)Nc1cccc(C2=NCCN2)c1. The number of carbonyl (C=O) groups is 2. The van der Waals surface area contributed by atoms with Gasteiger partial charge in [-0.05, 0) is 47.5 Å². The quantitative estimate of drug-likeness (QED) is 0.351. The summed E-state index contributed by atoms with van der Waals surface area (Å²) in [6.45, 7) is 3.19. The Morgan fingerprint density at radius 1 is 0.658 bits per heavy atom. The number of benzene rings is 3. The van der Waals surface area contributed by atoms with Gasteiger partial charge in [0.05, 0.1) is 13.1 Å². The van der Waals surface area contributed by atoms with Crippen molar-refractivity contribution >= 4 is 47.0 Å². The minimum Gasteiger partial charge on any atom is -0.368 e. The second kappa shape index (κ2) is 11.8. The summed E-state index contributed by atoms with van der Waals surface area (Å²) in [5.74, 6) is 1.27. The van der Waals surface area contributed by atoms with E-state index < -0.39 is 0 Å². The van der Waals surface area contributed by atoms with Crippen LogP contribution in [0, 0.1) is 0 Å². The molecule has 0 fully saturated rings. The second-order valence-corrected chi connectivity index (χ2v) is 8.79. The first-order valence-corrected chi connectivity index (χ1v) is 12.5. The van der Waals surface area contributed by atoms with E-state index in [-0.39, 0.29) is 11.8 Å². The molecule has 0 spiro atoms. The van der Waals surface area contributed by atoms with Gasteiger partial charge in [-0.3, -0.25) is 19.6 Å². The number of amides is 2. The van der Waals surface area contributed by atoms with Gasteiger partial charge in [0.1, 0.15) is 11.7 Å². The van der Waals surface area contributed by atoms with E-state index in [9.17, 15) is 9.59 Å². The van der Waals surface area contributed by atoms with Gasteiger partial charge in [-0.2, -0.15) is 0 Å². The first-order chi connectivity index (χ1) is 18.6. The zero-order valence-corrected chi connectivity index (χ0v) is 20.8. The van der Waals surface area contributed by atoms with Crippen LogP contribution in [0.4, 0.5) is 11.4 Å². The van der Waals surface area contributed by atoms with Gasteiger partial charge in [-0.1, -0.05) is 48.5 Å². The van der Waals surface area contributed by atoms with Crippen molar-refractivity contribution in [2.45, 2.75) is 0 Å². The number of amidine groups is 2. The standard InChI is InChI=1S/C30H28N6O2/c37-27(35-25-5-1-3-23(19-25)29-31-15-16-32-29)13-11-21-7-9-22(10-8-21)12-14-28(38)36-26-6-2-4-24(20-26)30-33-17-18-34-30/h1-14,19-20H,15-18H2,(H,31,32)(H,33,34)(H,35,37)(H,36,38). The first kappa shape index (κ1) is 24.7. The number of nitrogens with zero attached hydrogens (tertiary/aromatic N) is 2. The Morgan fingerprint density at radius 2 is 1.11 bits per heavy atom. The number of carbonyl (C=O) groups excluding carboxylic acids is 2. The van der Waals surface area contributed by atoms with Crippen molar-refractivity contribution in [2.75, 3.05) is 36.8 Å². The third-order valence-corrected chi connectivity index (χ3v) is 5.95. The summed E-state index contributed by atoms with van der Waals surface area (Å²) in [5.41, 5.74) is 5.07. The van der Waals surface area contributed by atoms with Crippen molar-refractivity contribution < 1.29 is 9.59 Å². The van der Waals surface area contributed by atoms with Gasteiger partial charge >= 0.3 is 0 Å². The Balaban J connectivity index is 1.13. The van der Waals surface area contributed by atoms with Gasteiger partial charge in [0.2, 0.25) is 11.8 Å². The van der Waals surface area contributed by atoms with Crippen LogP contribution in [0.5, 0.6) is 0 Å². The lowest BCUT2D eigenvalue weighted by molar-refractivity contribution is -0.112. The van der Waals surface area contributed by atoms with Gasteiger partial charge in [0.25, 0.3) is 0 Å². The predicted molar refractivity (Wildman–Crippen MR) is 153 cm³/mol. The van der Waals surface area contributed by atoms with E-state index >= 15 is 0 Å². The highest BCUT2D eigenvalue weighted by Crippen LogP contribution is 2.14. The van der Waals surface area contributed by atoms with Gasteiger partial charge in [-0.15, -0.1) is 0 Å². The fourth-order valence-electron chi connectivity index (χ4n) is 4.10. The number of nitrogens with one attached hydrogen (secondary N) is 4. The first-order valence-electron chi connectivity index (χ1n) is 12.5. The maximum Gasteiger partial charge on any atom is 0.248 e. The summed E-state index contributed by atoms with van der Waals surface area (Å²) in [6.07, 6.45) is 6.49. The Hall–Kier alpha value is -4.98. The largest absolute Gasteiger partial charge is 0.368 e. The average Bonchev–Trinajstić information content (AvgIpc) is 3.67. The third kappa shape index (κ3) is 6.61. The number of aliphatic imine (C=N–C) groups is 2. The number of rotatable bonds is 8. The van der Waals surface area contributed by atoms with Crippen LogP contribution in [0.2, 0.25) is 0 Å². The van der Waals surface area contributed by atoms with E-state index in [0.717, 1.165) is 60.1 Å². The topological polar surface area (TPSA) is 107 Å². The molecule has 0 unspecified atom stereocenters. The number of hydrogen-bond donors (Lipinski definition) is 4. The van der Waals surface area contributed by atoms with E-state index in [2.05, 4.69) is 31.3 Å². The van der Waals surface area contributed by atoms with Gasteiger partial charge in [-0.25, -0.2) is 0 Å². The van der Waals surface area contributed by atoms with Gasteiger partial charge < -0.3 is 21.3 Å². The summed E-state index contributed by atoms with van der Waals surface area (Å²) in [4.78, 5) is 33.6. The zero-order chi connectivity index (χ0) is 26.2. The molecule has 0 radical (unpaired) electrons. The highest BCUT2D eigenvalue weighted by atomic mass is 16.2. The van der Waals surface area contributed by atoms with E-state index in [1.165, 1.54) is 12.2 Å². The van der Waals surface area contributed by atoms with Crippen LogP contribution in [-0.2, 0) is 9.59 Å². The van der Waals surface area contributed by atoms with Crippen LogP contribution in [0.1, 0.15) is 22.3 Å². The molecule has 0 bridgehead atoms. The molecule has 190 valence electrons. The van der Waals surface area contributed by atoms with Crippen molar-refractivity contribution in [3.8, 4) is 0 Å². The monoisotopic (exact) mass is 504 g/mol. The molecule has 0 aliphatic carbocycles. The summed E-state index contributed by atoms with van der Waals surface area (Å²) in [7, 11) is 0. The minimum absolute atomic E-state index is 0.219. The molecule has 2 heterocycles. The summed E-state index contributed by atoms with van der Waals surface area (Å²) < 4.78 is 0. The van der Waals surface area contributed by atoms with Gasteiger partial charge in [0.15, 0.2) is 0 Å². The molecule has 4 N–H and O–H groups in total. The van der Waals surface area contributed by atoms with Crippen molar-refractivity contribution in [1.29, 1.82) is 0 Å². The molecule has 0 saturated heterocycles. The summed E-state index contributed by atoms with van der Waals surface area (Å²) >= 11 is 0. The second-order valence-electron chi connectivity index (χ2n) is 8.79. The van der Waals surface area contributed by atoms with Crippen molar-refractivity contribution in [1.82, 2.24) is 10.6 Å². The Morgan fingerprint density at radius 3 is 1.50 bits per heavy atom. The molecule has 2 amide bonds. The normalized spacial score (nSPS) is 14.6. The number of anilines is 2. The fourth-order valence-corrected chi connectivity index (χ4v) is 4.10. The van der Waals surface area contributed by atoms with Crippen molar-refractivity contribution in [2.24, 2.45) is 9.98 Å². The molecular formula is C30H28N6O2. The Labute approximate surface area is 221 Å². The molecule has 8 nitrogen and oxygen atoms in total. The molecule has 3 aromatic carbocycles. The average molecular weight is 505 g/mol. The Bertz CT molecular complexity index is 1340. The van der Waals surface area contributed by atoms with Gasteiger partial charge in [0, 0.05) is 47.7 Å². The van der Waals surface area contributed by atoms with Crippen molar-refractivity contribution in [3.63, 3.8) is 0 Å². The summed E-state index contributed by atoms with van der Waals surface area (Å²) in [5, 5.41) is 12.2. The molecule has 2 aliphatic heterocycles. The highest BCUT2D eigenvalue weighted by molar-refractivity contribution is 6.05. The molecule has 3 aromatic rings. The van der Waals surface area contributed by atoms with E-state index in [0.29, 0.717) is 11.4 Å². The van der Waals surface area contributed by atoms with Crippen LogP contribution in [-0.4, -0.2) is 49.7 Å². The smallest absolute Gasteiger partial charge is 0.248 e. The molecule has 0 aromatic heterocycles. The molecule has 0 atom stereocenters. The Kier molecular flexibility index (Phi) is 7.69. The predicted octanol–water partition coefficient (Wildman–Crippen LogP) is 3.69. The van der Waals surface area contributed by atoms with Crippen LogP contribution in [0.15, 0.2) is 94.9 Å². The maximum atomic E-state index is 12.4. The van der Waals surface area contributed by atoms with E-state index in [1.54, 1.807) is 12.2 Å². The molecule has 2 aliphatic rings. The van der Waals surface area contributed by atoms with Crippen LogP contribution in [0.25, 0.3) is 12.2 Å². The van der Waals surface area contributed by atoms with Crippen LogP contribution < -0.4 is 21.3 Å². The van der Waals surface area contributed by atoms with E-state index in [1.807, 2.05) is 72.8 Å². The van der Waals surface area contributed by atoms with E-state index in [4.69, 9.17) is 0 Å². The molecule has 38 heavy (non-hydrogen) atoms. The lowest BCUT2D eigenvalue weighted by Crippen LogP contribution is -2.19. The molecule has 8 heteroatoms. The lowest BCUT2D eigenvalue weighted by atomic mass is 10.1. The zero-order valence-electron chi connectivity index (χ0n) is 20.8. The number of hydrogen-bond acceptors (Lipinski definition) is 6. The van der Waals surface area contributed by atoms with Crippen molar-refractivity contribution in [3.05, 3.63) is 107 Å².